The number of hydrogen-bond acceptors (Lipinski definition) is 4. The quantitative estimate of drug-likeness (QED) is 0.640. The summed E-state index contributed by atoms with van der Waals surface area (Å²) in [5.74, 6) is 1.89. The summed E-state index contributed by atoms with van der Waals surface area (Å²) in [7, 11) is 3.22. The number of ether oxygens (including phenoxy) is 3. The van der Waals surface area contributed by atoms with Crippen molar-refractivity contribution in [1.82, 2.24) is 0 Å². The molecule has 0 aliphatic heterocycles. The number of aliphatic carboxylic acids is 1. The van der Waals surface area contributed by atoms with Crippen LogP contribution in [0.5, 0.6) is 17.2 Å². The Kier molecular flexibility index (Phi) is 6.58. The number of carboxylic acids is 1. The fourth-order valence-electron chi connectivity index (χ4n) is 3.32. The molecule has 28 heavy (non-hydrogen) atoms. The normalized spacial score (nSPS) is 18.1. The Balaban J connectivity index is 1.66. The molecule has 0 spiro atoms. The van der Waals surface area contributed by atoms with E-state index in [2.05, 4.69) is 6.08 Å². The molecule has 1 aliphatic rings. The van der Waals surface area contributed by atoms with E-state index >= 15 is 0 Å². The van der Waals surface area contributed by atoms with Gasteiger partial charge in [-0.2, -0.15) is 0 Å². The Morgan fingerprint density at radius 1 is 1.11 bits per heavy atom. The number of rotatable bonds is 10. The molecule has 5 heteroatoms. The number of benzene rings is 2. The zero-order valence-corrected chi connectivity index (χ0v) is 16.3. The maximum absolute atomic E-state index is 10.7. The summed E-state index contributed by atoms with van der Waals surface area (Å²) >= 11 is 0. The van der Waals surface area contributed by atoms with Crippen LogP contribution in [0.25, 0.3) is 6.08 Å². The minimum atomic E-state index is -0.711. The van der Waals surface area contributed by atoms with E-state index in [4.69, 9.17) is 19.3 Å². The molecule has 1 fully saturated rings. The van der Waals surface area contributed by atoms with Gasteiger partial charge in [-0.3, -0.25) is 4.79 Å². The highest BCUT2D eigenvalue weighted by Gasteiger charge is 2.37. The molecule has 2 unspecified atom stereocenters. The summed E-state index contributed by atoms with van der Waals surface area (Å²) in [6.45, 7) is 0.426. The first-order valence-electron chi connectivity index (χ1n) is 9.41. The number of allylic oxidation sites excluding steroid dienone is 1. The van der Waals surface area contributed by atoms with Crippen molar-refractivity contribution in [3.63, 3.8) is 0 Å². The summed E-state index contributed by atoms with van der Waals surface area (Å²) in [5.41, 5.74) is 2.02. The van der Waals surface area contributed by atoms with Crippen molar-refractivity contribution in [2.24, 2.45) is 11.8 Å². The van der Waals surface area contributed by atoms with Gasteiger partial charge in [0, 0.05) is 6.42 Å². The van der Waals surface area contributed by atoms with Gasteiger partial charge in [-0.15, -0.1) is 0 Å². The molecule has 5 nitrogen and oxygen atoms in total. The predicted octanol–water partition coefficient (Wildman–Crippen LogP) is 4.80. The van der Waals surface area contributed by atoms with E-state index in [0.717, 1.165) is 24.0 Å². The van der Waals surface area contributed by atoms with Gasteiger partial charge in [0.15, 0.2) is 11.5 Å². The molecular formula is C23H26O5. The van der Waals surface area contributed by atoms with Crippen molar-refractivity contribution in [2.45, 2.75) is 25.9 Å². The molecule has 1 saturated carbocycles. The SMILES string of the molecule is COc1cc(C=CCC2CC2CC(=O)O)cc(OC)c1OCc1ccccc1. The van der Waals surface area contributed by atoms with Crippen LogP contribution in [0, 0.1) is 11.8 Å². The van der Waals surface area contributed by atoms with Gasteiger partial charge in [0.25, 0.3) is 0 Å². The summed E-state index contributed by atoms with van der Waals surface area (Å²) < 4.78 is 17.0. The van der Waals surface area contributed by atoms with Crippen molar-refractivity contribution in [1.29, 1.82) is 0 Å². The van der Waals surface area contributed by atoms with Crippen LogP contribution in [0.1, 0.15) is 30.4 Å². The van der Waals surface area contributed by atoms with Crippen molar-refractivity contribution in [2.75, 3.05) is 14.2 Å². The largest absolute Gasteiger partial charge is 0.493 e. The Labute approximate surface area is 165 Å². The van der Waals surface area contributed by atoms with Crippen molar-refractivity contribution in [3.05, 3.63) is 59.7 Å². The van der Waals surface area contributed by atoms with E-state index in [1.54, 1.807) is 14.2 Å². The van der Waals surface area contributed by atoms with Crippen LogP contribution in [0.15, 0.2) is 48.5 Å². The van der Waals surface area contributed by atoms with Crippen LogP contribution in [0.4, 0.5) is 0 Å². The average molecular weight is 382 g/mol. The molecule has 2 aromatic rings. The molecule has 0 aromatic heterocycles. The van der Waals surface area contributed by atoms with Crippen LogP contribution in [0.3, 0.4) is 0 Å². The van der Waals surface area contributed by atoms with E-state index in [9.17, 15) is 4.79 Å². The van der Waals surface area contributed by atoms with Gasteiger partial charge < -0.3 is 19.3 Å². The van der Waals surface area contributed by atoms with Crippen LogP contribution >= 0.6 is 0 Å². The average Bonchev–Trinajstić information content (AvgIpc) is 3.43. The Morgan fingerprint density at radius 3 is 2.39 bits per heavy atom. The lowest BCUT2D eigenvalue weighted by molar-refractivity contribution is -0.137. The van der Waals surface area contributed by atoms with Crippen LogP contribution in [-0.2, 0) is 11.4 Å². The topological polar surface area (TPSA) is 65.0 Å². The second-order valence-electron chi connectivity index (χ2n) is 7.02. The Morgan fingerprint density at radius 2 is 1.79 bits per heavy atom. The maximum atomic E-state index is 10.7. The van der Waals surface area contributed by atoms with E-state index in [1.165, 1.54) is 0 Å². The third-order valence-corrected chi connectivity index (χ3v) is 4.96. The van der Waals surface area contributed by atoms with Crippen LogP contribution < -0.4 is 14.2 Å². The summed E-state index contributed by atoms with van der Waals surface area (Å²) in [4.78, 5) is 10.7. The lowest BCUT2D eigenvalue weighted by Gasteiger charge is -2.15. The smallest absolute Gasteiger partial charge is 0.303 e. The van der Waals surface area contributed by atoms with E-state index in [-0.39, 0.29) is 6.42 Å². The molecule has 3 rings (SSSR count). The van der Waals surface area contributed by atoms with Crippen molar-refractivity contribution in [3.8, 4) is 17.2 Å². The molecule has 0 bridgehead atoms. The van der Waals surface area contributed by atoms with Crippen LogP contribution in [0.2, 0.25) is 0 Å². The van der Waals surface area contributed by atoms with Gasteiger partial charge in [-0.05, 0) is 47.9 Å². The molecule has 2 atom stereocenters. The van der Waals surface area contributed by atoms with E-state index in [0.29, 0.717) is 35.7 Å². The molecule has 0 saturated heterocycles. The lowest BCUT2D eigenvalue weighted by atomic mass is 10.1. The van der Waals surface area contributed by atoms with Gasteiger partial charge in [0.1, 0.15) is 6.61 Å². The van der Waals surface area contributed by atoms with E-state index in [1.807, 2.05) is 48.5 Å². The van der Waals surface area contributed by atoms with Crippen molar-refractivity contribution < 1.29 is 24.1 Å². The molecule has 1 N–H and O–H groups in total. The van der Waals surface area contributed by atoms with Gasteiger partial charge in [-0.25, -0.2) is 0 Å². The summed E-state index contributed by atoms with van der Waals surface area (Å²) in [6.07, 6.45) is 6.26. The van der Waals surface area contributed by atoms with Gasteiger partial charge in [0.2, 0.25) is 5.75 Å². The van der Waals surface area contributed by atoms with Crippen molar-refractivity contribution >= 4 is 12.0 Å². The highest BCUT2D eigenvalue weighted by molar-refractivity contribution is 5.67. The second kappa shape index (κ2) is 9.31. The Bertz CT molecular complexity index is 803. The highest BCUT2D eigenvalue weighted by atomic mass is 16.5. The van der Waals surface area contributed by atoms with Crippen LogP contribution in [-0.4, -0.2) is 25.3 Å². The third kappa shape index (κ3) is 5.28. The predicted molar refractivity (Wildman–Crippen MR) is 108 cm³/mol. The zero-order valence-electron chi connectivity index (χ0n) is 16.3. The molecule has 148 valence electrons. The number of carboxylic acid groups (broad SMARTS) is 1. The molecule has 0 radical (unpaired) electrons. The number of methoxy groups -OCH3 is 2. The number of hydrogen-bond donors (Lipinski definition) is 1. The lowest BCUT2D eigenvalue weighted by Crippen LogP contribution is -2.00. The fraction of sp³-hybridized carbons (Fsp3) is 0.348. The molecule has 0 heterocycles. The van der Waals surface area contributed by atoms with Gasteiger partial charge in [0.05, 0.1) is 14.2 Å². The first kappa shape index (κ1) is 19.8. The Hall–Kier alpha value is -2.95. The first-order chi connectivity index (χ1) is 13.6. The molecule has 0 amide bonds. The monoisotopic (exact) mass is 382 g/mol. The standard InChI is InChI=1S/C23H26O5/c1-26-20-11-17(9-6-10-18-13-19(18)14-22(24)25)12-21(27-2)23(20)28-15-16-7-4-3-5-8-16/h3-9,11-12,18-19H,10,13-15H2,1-2H3,(H,24,25). The summed E-state index contributed by atoms with van der Waals surface area (Å²) in [6, 6.07) is 13.8. The van der Waals surface area contributed by atoms with E-state index < -0.39 is 5.97 Å². The molecule has 1 aliphatic carbocycles. The summed E-state index contributed by atoms with van der Waals surface area (Å²) in [5, 5.41) is 8.85. The minimum Gasteiger partial charge on any atom is -0.493 e. The fourth-order valence-corrected chi connectivity index (χ4v) is 3.32. The first-order valence-corrected chi connectivity index (χ1v) is 9.41. The van der Waals surface area contributed by atoms with Gasteiger partial charge in [-0.1, -0.05) is 42.5 Å². The third-order valence-electron chi connectivity index (χ3n) is 4.96. The maximum Gasteiger partial charge on any atom is 0.303 e. The highest BCUT2D eigenvalue weighted by Crippen LogP contribution is 2.44. The van der Waals surface area contributed by atoms with Gasteiger partial charge >= 0.3 is 5.97 Å². The minimum absolute atomic E-state index is 0.271. The number of carbonyl (C=O) groups is 1. The molecule has 2 aromatic carbocycles. The molecular weight excluding hydrogens is 356 g/mol. The zero-order chi connectivity index (χ0) is 19.9. The second-order valence-corrected chi connectivity index (χ2v) is 7.02.